The average Bonchev–Trinajstić information content (AvgIpc) is 3.72. The van der Waals surface area contributed by atoms with E-state index in [1.54, 1.807) is 0 Å². The summed E-state index contributed by atoms with van der Waals surface area (Å²) in [6.45, 7) is 0. The van der Waals surface area contributed by atoms with Gasteiger partial charge in [-0.05, 0) is 93.3 Å². The summed E-state index contributed by atoms with van der Waals surface area (Å²) in [6.07, 6.45) is 13.6. The number of hydrogen-bond acceptors (Lipinski definition) is 6. The fourth-order valence-electron chi connectivity index (χ4n) is 8.64. The van der Waals surface area contributed by atoms with Gasteiger partial charge in [-0.25, -0.2) is 0 Å². The van der Waals surface area contributed by atoms with Gasteiger partial charge in [-0.2, -0.15) is 15.0 Å². The molecular formula is C27H36N6O3. The number of carbonyl (C=O) groups is 3. The van der Waals surface area contributed by atoms with Crippen molar-refractivity contribution in [2.24, 2.45) is 35.5 Å². The molecule has 3 N–H and O–H groups in total. The van der Waals surface area contributed by atoms with Gasteiger partial charge in [-0.3, -0.25) is 14.4 Å². The Bertz CT molecular complexity index is 948. The van der Waals surface area contributed by atoms with Crippen LogP contribution in [0.2, 0.25) is 0 Å². The van der Waals surface area contributed by atoms with E-state index < -0.39 is 17.7 Å². The Morgan fingerprint density at radius 2 is 0.778 bits per heavy atom. The van der Waals surface area contributed by atoms with Crippen LogP contribution in [-0.4, -0.2) is 50.8 Å². The van der Waals surface area contributed by atoms with Gasteiger partial charge >= 0.3 is 0 Å². The minimum atomic E-state index is -0.419. The van der Waals surface area contributed by atoms with E-state index in [1.165, 1.54) is 19.3 Å². The molecule has 6 bridgehead atoms. The highest BCUT2D eigenvalue weighted by Crippen LogP contribution is 2.46. The summed E-state index contributed by atoms with van der Waals surface area (Å²) in [5.41, 5.74) is 0. The molecule has 1 aromatic heterocycles. The second-order valence-corrected chi connectivity index (χ2v) is 12.6. The van der Waals surface area contributed by atoms with Crippen molar-refractivity contribution < 1.29 is 14.4 Å². The lowest BCUT2D eigenvalue weighted by atomic mass is 9.95. The third-order valence-electron chi connectivity index (χ3n) is 10.4. The van der Waals surface area contributed by atoms with Gasteiger partial charge in [0.1, 0.15) is 0 Å². The maximum atomic E-state index is 13.2. The standard InChI is InChI=1S/C27H36N6O3/c34-25(28-19-10-13-1-4-16(19)7-13)22-31-23(26(35)29-20-11-14-2-5-17(20)8-14)33-24(32-22)27(36)30-21-12-15-3-6-18(21)9-15/h13-21H,1-12H2,(H,28,34)(H,29,35)(H,30,36). The van der Waals surface area contributed by atoms with Crippen LogP contribution in [-0.2, 0) is 0 Å². The number of amides is 3. The van der Waals surface area contributed by atoms with Gasteiger partial charge in [0.2, 0.25) is 17.5 Å². The molecule has 3 amide bonds. The van der Waals surface area contributed by atoms with E-state index in [-0.39, 0.29) is 35.6 Å². The van der Waals surface area contributed by atoms with Crippen molar-refractivity contribution >= 4 is 17.7 Å². The van der Waals surface area contributed by atoms with E-state index in [9.17, 15) is 14.4 Å². The average molecular weight is 493 g/mol. The van der Waals surface area contributed by atoms with Crippen LogP contribution in [0.15, 0.2) is 0 Å². The molecule has 0 radical (unpaired) electrons. The van der Waals surface area contributed by atoms with Crippen LogP contribution in [0.5, 0.6) is 0 Å². The van der Waals surface area contributed by atoms with Crippen LogP contribution in [0.4, 0.5) is 0 Å². The van der Waals surface area contributed by atoms with Crippen molar-refractivity contribution in [2.75, 3.05) is 0 Å². The third kappa shape index (κ3) is 4.08. The first-order valence-electron chi connectivity index (χ1n) is 14.2. The Balaban J connectivity index is 1.11. The summed E-state index contributed by atoms with van der Waals surface area (Å²) in [5.74, 6) is 1.90. The Labute approximate surface area is 211 Å². The highest BCUT2D eigenvalue weighted by atomic mass is 16.2. The number of nitrogens with one attached hydrogen (secondary N) is 3. The van der Waals surface area contributed by atoms with Gasteiger partial charge < -0.3 is 16.0 Å². The fraction of sp³-hybridized carbons (Fsp3) is 0.778. The molecule has 0 spiro atoms. The summed E-state index contributed by atoms with van der Waals surface area (Å²) >= 11 is 0. The van der Waals surface area contributed by atoms with Crippen LogP contribution in [0.25, 0.3) is 0 Å². The van der Waals surface area contributed by atoms with Crippen LogP contribution in [0.1, 0.15) is 109 Å². The first kappa shape index (κ1) is 22.6. The molecule has 0 aromatic carbocycles. The zero-order valence-electron chi connectivity index (χ0n) is 20.7. The molecule has 6 saturated carbocycles. The van der Waals surface area contributed by atoms with Crippen LogP contribution >= 0.6 is 0 Å². The lowest BCUT2D eigenvalue weighted by molar-refractivity contribution is 0.0897. The van der Waals surface area contributed by atoms with E-state index in [0.717, 1.165) is 57.8 Å². The van der Waals surface area contributed by atoms with Crippen LogP contribution in [0.3, 0.4) is 0 Å². The maximum Gasteiger partial charge on any atom is 0.289 e. The third-order valence-corrected chi connectivity index (χ3v) is 10.4. The smallest absolute Gasteiger partial charge is 0.289 e. The quantitative estimate of drug-likeness (QED) is 0.560. The van der Waals surface area contributed by atoms with Crippen molar-refractivity contribution in [1.29, 1.82) is 0 Å². The molecule has 9 unspecified atom stereocenters. The summed E-state index contributed by atoms with van der Waals surface area (Å²) in [7, 11) is 0. The zero-order valence-corrected chi connectivity index (χ0v) is 20.7. The van der Waals surface area contributed by atoms with Gasteiger partial charge in [0.25, 0.3) is 17.7 Å². The number of carbonyl (C=O) groups excluding carboxylic acids is 3. The monoisotopic (exact) mass is 492 g/mol. The Hall–Kier alpha value is -2.58. The van der Waals surface area contributed by atoms with Gasteiger partial charge in [0, 0.05) is 18.1 Å². The molecule has 6 fully saturated rings. The lowest BCUT2D eigenvalue weighted by Crippen LogP contribution is -2.43. The van der Waals surface area contributed by atoms with Gasteiger partial charge in [-0.15, -0.1) is 0 Å². The second kappa shape index (κ2) is 8.77. The van der Waals surface area contributed by atoms with Crippen molar-refractivity contribution in [1.82, 2.24) is 30.9 Å². The molecule has 36 heavy (non-hydrogen) atoms. The molecule has 0 aliphatic heterocycles. The fourth-order valence-corrected chi connectivity index (χ4v) is 8.64. The number of nitrogens with zero attached hydrogens (tertiary/aromatic N) is 3. The number of rotatable bonds is 6. The first-order chi connectivity index (χ1) is 17.5. The molecule has 9 nitrogen and oxygen atoms in total. The maximum absolute atomic E-state index is 13.2. The number of fused-ring (bicyclic) bond motifs is 6. The molecule has 1 aromatic rings. The van der Waals surface area contributed by atoms with E-state index in [2.05, 4.69) is 30.9 Å². The van der Waals surface area contributed by atoms with E-state index >= 15 is 0 Å². The molecule has 6 aliphatic carbocycles. The Morgan fingerprint density at radius 3 is 1.00 bits per heavy atom. The summed E-state index contributed by atoms with van der Waals surface area (Å²) in [5, 5.41) is 9.28. The van der Waals surface area contributed by atoms with Gasteiger partial charge in [-0.1, -0.05) is 19.3 Å². The molecule has 192 valence electrons. The molecule has 9 heteroatoms. The SMILES string of the molecule is O=C(NC1CC2CCC1C2)c1nc(C(=O)NC2CC3CCC2C3)nc(C(=O)NC2CC3CCC2C3)n1. The molecule has 9 atom stereocenters. The predicted molar refractivity (Wildman–Crippen MR) is 130 cm³/mol. The largest absolute Gasteiger partial charge is 0.346 e. The van der Waals surface area contributed by atoms with Crippen molar-refractivity contribution in [3.05, 3.63) is 17.5 Å². The van der Waals surface area contributed by atoms with Gasteiger partial charge in [0.15, 0.2) is 0 Å². The first-order valence-corrected chi connectivity index (χ1v) is 14.2. The Kier molecular flexibility index (Phi) is 5.51. The minimum absolute atomic E-state index is 0.116. The van der Waals surface area contributed by atoms with E-state index in [4.69, 9.17) is 0 Å². The zero-order chi connectivity index (χ0) is 24.4. The van der Waals surface area contributed by atoms with Crippen LogP contribution < -0.4 is 16.0 Å². The van der Waals surface area contributed by atoms with E-state index in [0.29, 0.717) is 35.5 Å². The second-order valence-electron chi connectivity index (χ2n) is 12.6. The topological polar surface area (TPSA) is 126 Å². The summed E-state index contributed by atoms with van der Waals surface area (Å²) < 4.78 is 0. The van der Waals surface area contributed by atoms with Crippen molar-refractivity contribution in [3.8, 4) is 0 Å². The summed E-state index contributed by atoms with van der Waals surface area (Å²) in [4.78, 5) is 52.4. The van der Waals surface area contributed by atoms with Crippen LogP contribution in [0, 0.1) is 35.5 Å². The minimum Gasteiger partial charge on any atom is -0.346 e. The number of hydrogen-bond donors (Lipinski definition) is 3. The van der Waals surface area contributed by atoms with Crippen molar-refractivity contribution in [3.63, 3.8) is 0 Å². The van der Waals surface area contributed by atoms with Crippen molar-refractivity contribution in [2.45, 2.75) is 95.2 Å². The summed E-state index contributed by atoms with van der Waals surface area (Å²) in [6, 6.07) is 0.349. The molecule has 7 rings (SSSR count). The highest BCUT2D eigenvalue weighted by molar-refractivity contribution is 5.97. The molecule has 6 aliphatic rings. The highest BCUT2D eigenvalue weighted by Gasteiger charge is 2.43. The Morgan fingerprint density at radius 1 is 0.472 bits per heavy atom. The number of aromatic nitrogens is 3. The lowest BCUT2D eigenvalue weighted by Gasteiger charge is -2.24. The normalized spacial score (nSPS) is 39.5. The molecular weight excluding hydrogens is 456 g/mol. The molecule has 1 heterocycles. The predicted octanol–water partition coefficient (Wildman–Crippen LogP) is 2.63. The van der Waals surface area contributed by atoms with E-state index in [1.807, 2.05) is 0 Å². The van der Waals surface area contributed by atoms with Gasteiger partial charge in [0.05, 0.1) is 0 Å². The molecule has 0 saturated heterocycles.